The lowest BCUT2D eigenvalue weighted by Crippen LogP contribution is -2.10. The monoisotopic (exact) mass is 294 g/mol. The number of aryl methyl sites for hydroxylation is 2. The molecule has 0 N–H and O–H groups in total. The molecule has 0 aliphatic carbocycles. The minimum absolute atomic E-state index is 0.0706. The second-order valence-corrected chi connectivity index (χ2v) is 4.71. The number of esters is 1. The third kappa shape index (κ3) is 3.62. The smallest absolute Gasteiger partial charge is 0.416 e. The fraction of sp³-hybridized carbons (Fsp3) is 0.188. The van der Waals surface area contributed by atoms with E-state index in [1.54, 1.807) is 12.1 Å². The average Bonchev–Trinajstić information content (AvgIpc) is 2.42. The summed E-state index contributed by atoms with van der Waals surface area (Å²) < 4.78 is 42.4. The summed E-state index contributed by atoms with van der Waals surface area (Å²) in [5.41, 5.74) is 1.29. The lowest BCUT2D eigenvalue weighted by Gasteiger charge is -2.08. The number of carbonyl (C=O) groups excluding carboxylic acids is 1. The molecule has 0 saturated heterocycles. The average molecular weight is 294 g/mol. The van der Waals surface area contributed by atoms with Crippen LogP contribution in [0.25, 0.3) is 0 Å². The van der Waals surface area contributed by atoms with Crippen molar-refractivity contribution in [2.75, 3.05) is 0 Å². The van der Waals surface area contributed by atoms with Gasteiger partial charge in [-0.1, -0.05) is 6.07 Å². The number of alkyl halides is 3. The molecule has 0 radical (unpaired) electrons. The molecule has 2 aromatic rings. The van der Waals surface area contributed by atoms with Crippen LogP contribution in [0.15, 0.2) is 42.5 Å². The third-order valence-corrected chi connectivity index (χ3v) is 3.14. The van der Waals surface area contributed by atoms with Gasteiger partial charge in [0.2, 0.25) is 0 Å². The Bertz CT molecular complexity index is 658. The Labute approximate surface area is 120 Å². The summed E-state index contributed by atoms with van der Waals surface area (Å²) in [7, 11) is 0. The van der Waals surface area contributed by atoms with Crippen molar-refractivity contribution in [2.24, 2.45) is 0 Å². The SMILES string of the molecule is Cc1ccc(OC(=O)c2ccc(C(F)(F)F)cc2)cc1C. The second kappa shape index (κ2) is 5.60. The molecular formula is C16H13F3O2. The van der Waals surface area contributed by atoms with E-state index in [0.29, 0.717) is 5.75 Å². The van der Waals surface area contributed by atoms with Gasteiger partial charge < -0.3 is 4.74 Å². The first kappa shape index (κ1) is 15.1. The number of hydrogen-bond acceptors (Lipinski definition) is 2. The molecule has 0 spiro atoms. The van der Waals surface area contributed by atoms with Crippen molar-refractivity contribution in [2.45, 2.75) is 20.0 Å². The van der Waals surface area contributed by atoms with Crippen LogP contribution >= 0.6 is 0 Å². The van der Waals surface area contributed by atoms with Crippen LogP contribution in [-0.2, 0) is 6.18 Å². The van der Waals surface area contributed by atoms with E-state index in [0.717, 1.165) is 35.4 Å². The number of carbonyl (C=O) groups is 1. The number of rotatable bonds is 2. The van der Waals surface area contributed by atoms with Crippen LogP contribution in [-0.4, -0.2) is 5.97 Å². The Morgan fingerprint density at radius 2 is 1.57 bits per heavy atom. The highest BCUT2D eigenvalue weighted by atomic mass is 19.4. The summed E-state index contributed by atoms with van der Waals surface area (Å²) in [6.45, 7) is 3.81. The third-order valence-electron chi connectivity index (χ3n) is 3.14. The summed E-state index contributed by atoms with van der Waals surface area (Å²) in [5.74, 6) is -0.324. The van der Waals surface area contributed by atoms with Crippen LogP contribution in [0.2, 0.25) is 0 Å². The summed E-state index contributed by atoms with van der Waals surface area (Å²) in [6.07, 6.45) is -4.42. The first-order valence-electron chi connectivity index (χ1n) is 6.24. The fourth-order valence-corrected chi connectivity index (χ4v) is 1.74. The molecule has 0 fully saturated rings. The molecule has 2 rings (SSSR count). The van der Waals surface area contributed by atoms with Crippen molar-refractivity contribution in [1.29, 1.82) is 0 Å². The van der Waals surface area contributed by atoms with E-state index in [1.807, 2.05) is 19.9 Å². The van der Waals surface area contributed by atoms with Gasteiger partial charge in [-0.2, -0.15) is 13.2 Å². The van der Waals surface area contributed by atoms with Crippen LogP contribution in [0.1, 0.15) is 27.0 Å². The van der Waals surface area contributed by atoms with Crippen molar-refractivity contribution >= 4 is 5.97 Å². The molecular weight excluding hydrogens is 281 g/mol. The molecule has 5 heteroatoms. The summed E-state index contributed by atoms with van der Waals surface area (Å²) in [6, 6.07) is 9.08. The van der Waals surface area contributed by atoms with E-state index in [4.69, 9.17) is 4.74 Å². The fourth-order valence-electron chi connectivity index (χ4n) is 1.74. The molecule has 0 amide bonds. The van der Waals surface area contributed by atoms with E-state index in [1.165, 1.54) is 0 Å². The molecule has 0 saturated carbocycles. The number of hydrogen-bond donors (Lipinski definition) is 0. The van der Waals surface area contributed by atoms with Gasteiger partial charge >= 0.3 is 12.1 Å². The molecule has 0 heterocycles. The maximum atomic E-state index is 12.4. The van der Waals surface area contributed by atoms with E-state index >= 15 is 0 Å². The quantitative estimate of drug-likeness (QED) is 0.600. The van der Waals surface area contributed by atoms with E-state index < -0.39 is 17.7 Å². The molecule has 0 unspecified atom stereocenters. The normalized spacial score (nSPS) is 11.3. The number of halogens is 3. The Hall–Kier alpha value is -2.30. The van der Waals surface area contributed by atoms with Gasteiger partial charge in [0.15, 0.2) is 0 Å². The Kier molecular flexibility index (Phi) is 4.02. The topological polar surface area (TPSA) is 26.3 Å². The molecule has 0 aromatic heterocycles. The highest BCUT2D eigenvalue weighted by molar-refractivity contribution is 5.91. The Morgan fingerprint density at radius 1 is 0.952 bits per heavy atom. The van der Waals surface area contributed by atoms with Gasteiger partial charge in [0.1, 0.15) is 5.75 Å². The van der Waals surface area contributed by atoms with Crippen LogP contribution in [0.5, 0.6) is 5.75 Å². The molecule has 2 nitrogen and oxygen atoms in total. The predicted octanol–water partition coefficient (Wildman–Crippen LogP) is 4.54. The lowest BCUT2D eigenvalue weighted by molar-refractivity contribution is -0.137. The predicted molar refractivity (Wildman–Crippen MR) is 72.3 cm³/mol. The second-order valence-electron chi connectivity index (χ2n) is 4.71. The van der Waals surface area contributed by atoms with Gasteiger partial charge in [-0.15, -0.1) is 0 Å². The molecule has 21 heavy (non-hydrogen) atoms. The van der Waals surface area contributed by atoms with E-state index in [9.17, 15) is 18.0 Å². The zero-order valence-electron chi connectivity index (χ0n) is 11.5. The van der Waals surface area contributed by atoms with Crippen molar-refractivity contribution < 1.29 is 22.7 Å². The highest BCUT2D eigenvalue weighted by Gasteiger charge is 2.30. The van der Waals surface area contributed by atoms with Crippen LogP contribution in [0, 0.1) is 13.8 Å². The number of benzene rings is 2. The van der Waals surface area contributed by atoms with E-state index in [2.05, 4.69) is 0 Å². The maximum absolute atomic E-state index is 12.4. The van der Waals surface area contributed by atoms with Gasteiger partial charge in [0, 0.05) is 0 Å². The van der Waals surface area contributed by atoms with Crippen molar-refractivity contribution in [3.8, 4) is 5.75 Å². The maximum Gasteiger partial charge on any atom is 0.416 e. The minimum Gasteiger partial charge on any atom is -0.423 e. The lowest BCUT2D eigenvalue weighted by atomic mass is 10.1. The van der Waals surface area contributed by atoms with Gasteiger partial charge in [-0.3, -0.25) is 0 Å². The van der Waals surface area contributed by atoms with Crippen LogP contribution < -0.4 is 4.74 Å². The Morgan fingerprint density at radius 3 is 2.10 bits per heavy atom. The highest BCUT2D eigenvalue weighted by Crippen LogP contribution is 2.29. The summed E-state index contributed by atoms with van der Waals surface area (Å²) >= 11 is 0. The summed E-state index contributed by atoms with van der Waals surface area (Å²) in [5, 5.41) is 0. The minimum atomic E-state index is -4.42. The molecule has 0 aliphatic rings. The molecule has 110 valence electrons. The molecule has 2 aromatic carbocycles. The van der Waals surface area contributed by atoms with Crippen molar-refractivity contribution in [3.63, 3.8) is 0 Å². The molecule has 0 aliphatic heterocycles. The zero-order valence-corrected chi connectivity index (χ0v) is 11.5. The van der Waals surface area contributed by atoms with Crippen LogP contribution in [0.4, 0.5) is 13.2 Å². The van der Waals surface area contributed by atoms with Gasteiger partial charge in [-0.05, 0) is 61.4 Å². The molecule has 0 bridgehead atoms. The van der Waals surface area contributed by atoms with Crippen molar-refractivity contribution in [3.05, 3.63) is 64.7 Å². The first-order chi connectivity index (χ1) is 9.77. The van der Waals surface area contributed by atoms with E-state index in [-0.39, 0.29) is 5.56 Å². The summed E-state index contributed by atoms with van der Waals surface area (Å²) in [4.78, 5) is 11.9. The largest absolute Gasteiger partial charge is 0.423 e. The number of ether oxygens (including phenoxy) is 1. The molecule has 0 atom stereocenters. The van der Waals surface area contributed by atoms with Crippen molar-refractivity contribution in [1.82, 2.24) is 0 Å². The first-order valence-corrected chi connectivity index (χ1v) is 6.24. The standard InChI is InChI=1S/C16H13F3O2/c1-10-3-8-14(9-11(10)2)21-15(20)12-4-6-13(7-5-12)16(17,18)19/h3-9H,1-2H3. The zero-order chi connectivity index (χ0) is 15.6. The van der Waals surface area contributed by atoms with Gasteiger partial charge in [-0.25, -0.2) is 4.79 Å². The van der Waals surface area contributed by atoms with Gasteiger partial charge in [0.05, 0.1) is 11.1 Å². The van der Waals surface area contributed by atoms with Gasteiger partial charge in [0.25, 0.3) is 0 Å². The Balaban J connectivity index is 2.15. The van der Waals surface area contributed by atoms with Crippen LogP contribution in [0.3, 0.4) is 0 Å².